The molecular weight excluding hydrogens is 288 g/mol. The van der Waals surface area contributed by atoms with Crippen LogP contribution < -0.4 is 5.32 Å². The van der Waals surface area contributed by atoms with Crippen molar-refractivity contribution in [1.82, 2.24) is 4.90 Å². The van der Waals surface area contributed by atoms with Gasteiger partial charge in [0.15, 0.2) is 0 Å². The maximum absolute atomic E-state index is 12.5. The Morgan fingerprint density at radius 1 is 1.13 bits per heavy atom. The van der Waals surface area contributed by atoms with E-state index in [9.17, 15) is 9.59 Å². The fourth-order valence-corrected chi connectivity index (χ4v) is 2.91. The van der Waals surface area contributed by atoms with Gasteiger partial charge in [0.25, 0.3) is 0 Å². The summed E-state index contributed by atoms with van der Waals surface area (Å²) < 4.78 is 0. The van der Waals surface area contributed by atoms with Gasteiger partial charge < -0.3 is 10.2 Å². The Bertz CT molecular complexity index is 563. The third-order valence-electron chi connectivity index (χ3n) is 4.34. The second-order valence-electron chi connectivity index (χ2n) is 7.05. The topological polar surface area (TPSA) is 49.4 Å². The number of nitrogens with one attached hydrogen (secondary N) is 1. The molecule has 0 heterocycles. The van der Waals surface area contributed by atoms with Crippen LogP contribution in [0.3, 0.4) is 0 Å². The van der Waals surface area contributed by atoms with E-state index in [1.807, 2.05) is 6.07 Å². The number of carbonyl (C=O) groups is 2. The number of amides is 2. The molecule has 0 radical (unpaired) electrons. The molecule has 1 N–H and O–H groups in total. The van der Waals surface area contributed by atoms with E-state index in [1.54, 1.807) is 4.90 Å². The Labute approximate surface area is 139 Å². The van der Waals surface area contributed by atoms with Crippen molar-refractivity contribution in [2.24, 2.45) is 0 Å². The lowest BCUT2D eigenvalue weighted by Crippen LogP contribution is -2.38. The summed E-state index contributed by atoms with van der Waals surface area (Å²) in [5.41, 5.74) is 3.21. The van der Waals surface area contributed by atoms with E-state index < -0.39 is 0 Å². The summed E-state index contributed by atoms with van der Waals surface area (Å²) in [5, 5.41) is 3.08. The first-order valence-corrected chi connectivity index (χ1v) is 8.51. The number of hydrogen-bond donors (Lipinski definition) is 1. The van der Waals surface area contributed by atoms with Gasteiger partial charge in [-0.25, -0.2) is 0 Å². The van der Waals surface area contributed by atoms with Gasteiger partial charge >= 0.3 is 0 Å². The largest absolute Gasteiger partial charge is 0.331 e. The summed E-state index contributed by atoms with van der Waals surface area (Å²) in [6.45, 7) is 10.2. The smallest absolute Gasteiger partial charge is 0.244 e. The van der Waals surface area contributed by atoms with Crippen molar-refractivity contribution in [2.75, 3.05) is 11.9 Å². The molecule has 2 rings (SSSR count). The highest BCUT2D eigenvalue weighted by Gasteiger charge is 2.32. The van der Waals surface area contributed by atoms with E-state index in [4.69, 9.17) is 0 Å². The number of benzene rings is 1. The number of carbonyl (C=O) groups excluding carboxylic acids is 2. The Hall–Kier alpha value is -1.84. The Kier molecular flexibility index (Phi) is 5.45. The summed E-state index contributed by atoms with van der Waals surface area (Å²) in [4.78, 5) is 25.9. The monoisotopic (exact) mass is 316 g/mol. The van der Waals surface area contributed by atoms with Crippen LogP contribution in [0.1, 0.15) is 70.4 Å². The predicted molar refractivity (Wildman–Crippen MR) is 93.7 cm³/mol. The van der Waals surface area contributed by atoms with Crippen LogP contribution in [-0.4, -0.2) is 29.3 Å². The number of anilines is 1. The van der Waals surface area contributed by atoms with Crippen molar-refractivity contribution in [2.45, 2.75) is 65.3 Å². The molecule has 1 fully saturated rings. The van der Waals surface area contributed by atoms with Crippen LogP contribution in [0.2, 0.25) is 0 Å². The molecule has 2 amide bonds. The van der Waals surface area contributed by atoms with E-state index in [0.29, 0.717) is 11.8 Å². The lowest BCUT2D eigenvalue weighted by Gasteiger charge is -2.23. The molecule has 0 saturated heterocycles. The first kappa shape index (κ1) is 17.5. The van der Waals surface area contributed by atoms with Crippen molar-refractivity contribution in [3.8, 4) is 0 Å². The fourth-order valence-electron chi connectivity index (χ4n) is 2.91. The molecule has 0 bridgehead atoms. The number of para-hydroxylation sites is 1. The van der Waals surface area contributed by atoms with Gasteiger partial charge in [0.2, 0.25) is 11.8 Å². The summed E-state index contributed by atoms with van der Waals surface area (Å²) in [5.74, 6) is 0.527. The average molecular weight is 316 g/mol. The maximum atomic E-state index is 12.5. The number of rotatable bonds is 6. The van der Waals surface area contributed by atoms with Gasteiger partial charge in [-0.2, -0.15) is 0 Å². The minimum Gasteiger partial charge on any atom is -0.331 e. The van der Waals surface area contributed by atoms with Crippen LogP contribution in [0.5, 0.6) is 0 Å². The number of nitrogens with zero attached hydrogens (tertiary/aromatic N) is 1. The van der Waals surface area contributed by atoms with Gasteiger partial charge in [-0.3, -0.25) is 9.59 Å². The standard InChI is InChI=1S/C19H28N2O2/c1-12(2)16-7-6-8-17(13(3)4)19(16)20-18(23)11-21(14(5)22)15-9-10-15/h6-8,12-13,15H,9-11H2,1-5H3,(H,20,23). The molecule has 1 aromatic carbocycles. The van der Waals surface area contributed by atoms with Crippen LogP contribution >= 0.6 is 0 Å². The molecule has 1 aliphatic rings. The minimum atomic E-state index is -0.109. The summed E-state index contributed by atoms with van der Waals surface area (Å²) >= 11 is 0. The summed E-state index contributed by atoms with van der Waals surface area (Å²) in [6, 6.07) is 6.43. The van der Waals surface area contributed by atoms with Crippen molar-refractivity contribution in [1.29, 1.82) is 0 Å². The van der Waals surface area contributed by atoms with Crippen molar-refractivity contribution < 1.29 is 9.59 Å². The van der Waals surface area contributed by atoms with Crippen LogP contribution in [0, 0.1) is 0 Å². The third kappa shape index (κ3) is 4.34. The highest BCUT2D eigenvalue weighted by Crippen LogP contribution is 2.32. The zero-order valence-electron chi connectivity index (χ0n) is 14.8. The molecule has 0 atom stereocenters. The molecule has 23 heavy (non-hydrogen) atoms. The lowest BCUT2D eigenvalue weighted by atomic mass is 9.92. The zero-order chi connectivity index (χ0) is 17.1. The van der Waals surface area contributed by atoms with Gasteiger partial charge in [-0.1, -0.05) is 45.9 Å². The Balaban J connectivity index is 2.20. The van der Waals surface area contributed by atoms with Crippen LogP contribution in [0.15, 0.2) is 18.2 Å². The molecule has 126 valence electrons. The quantitative estimate of drug-likeness (QED) is 0.865. The van der Waals surface area contributed by atoms with Gasteiger partial charge in [0.1, 0.15) is 6.54 Å². The Morgan fingerprint density at radius 2 is 1.65 bits per heavy atom. The van der Waals surface area contributed by atoms with Gasteiger partial charge in [0, 0.05) is 18.7 Å². The molecular formula is C19H28N2O2. The fraction of sp³-hybridized carbons (Fsp3) is 0.579. The molecule has 0 unspecified atom stereocenters. The van der Waals surface area contributed by atoms with E-state index in [-0.39, 0.29) is 24.4 Å². The molecule has 4 nitrogen and oxygen atoms in total. The van der Waals surface area contributed by atoms with E-state index in [2.05, 4.69) is 45.1 Å². The Morgan fingerprint density at radius 3 is 2.04 bits per heavy atom. The van der Waals surface area contributed by atoms with Crippen molar-refractivity contribution >= 4 is 17.5 Å². The normalized spacial score (nSPS) is 14.2. The zero-order valence-corrected chi connectivity index (χ0v) is 14.8. The maximum Gasteiger partial charge on any atom is 0.244 e. The van der Waals surface area contributed by atoms with Gasteiger partial charge in [-0.15, -0.1) is 0 Å². The first-order chi connectivity index (χ1) is 10.8. The highest BCUT2D eigenvalue weighted by molar-refractivity contribution is 5.96. The second kappa shape index (κ2) is 7.16. The average Bonchev–Trinajstić information content (AvgIpc) is 3.28. The summed E-state index contributed by atoms with van der Waals surface area (Å²) in [6.07, 6.45) is 2.01. The molecule has 1 aliphatic carbocycles. The molecule has 4 heteroatoms. The minimum absolute atomic E-state index is 0.0242. The van der Waals surface area contributed by atoms with E-state index >= 15 is 0 Å². The lowest BCUT2D eigenvalue weighted by molar-refractivity contribution is -0.133. The third-order valence-corrected chi connectivity index (χ3v) is 4.34. The molecule has 1 saturated carbocycles. The summed E-state index contributed by atoms with van der Waals surface area (Å²) in [7, 11) is 0. The van der Waals surface area contributed by atoms with Crippen LogP contribution in [0.4, 0.5) is 5.69 Å². The van der Waals surface area contributed by atoms with Crippen LogP contribution in [0.25, 0.3) is 0 Å². The molecule has 0 aliphatic heterocycles. The molecule has 1 aromatic rings. The SMILES string of the molecule is CC(=O)N(CC(=O)Nc1c(C(C)C)cccc1C(C)C)C1CC1. The molecule has 0 spiro atoms. The first-order valence-electron chi connectivity index (χ1n) is 8.51. The van der Waals surface area contributed by atoms with Crippen LogP contribution in [-0.2, 0) is 9.59 Å². The van der Waals surface area contributed by atoms with E-state index in [0.717, 1.165) is 29.7 Å². The predicted octanol–water partition coefficient (Wildman–Crippen LogP) is 3.88. The highest BCUT2D eigenvalue weighted by atomic mass is 16.2. The van der Waals surface area contributed by atoms with Crippen molar-refractivity contribution in [3.05, 3.63) is 29.3 Å². The van der Waals surface area contributed by atoms with Gasteiger partial charge in [0.05, 0.1) is 0 Å². The number of hydrogen-bond acceptors (Lipinski definition) is 2. The van der Waals surface area contributed by atoms with Crippen molar-refractivity contribution in [3.63, 3.8) is 0 Å². The molecule has 0 aromatic heterocycles. The van der Waals surface area contributed by atoms with Gasteiger partial charge in [-0.05, 0) is 35.8 Å². The second-order valence-corrected chi connectivity index (χ2v) is 7.05. The van der Waals surface area contributed by atoms with E-state index in [1.165, 1.54) is 6.92 Å².